The van der Waals surface area contributed by atoms with E-state index in [1.165, 1.54) is 5.56 Å². The smallest absolute Gasteiger partial charge is 0.118 e. The Morgan fingerprint density at radius 1 is 1.29 bits per heavy atom. The maximum atomic E-state index is 5.96. The van der Waals surface area contributed by atoms with Crippen molar-refractivity contribution < 1.29 is 4.74 Å². The van der Waals surface area contributed by atoms with Gasteiger partial charge < -0.3 is 10.5 Å². The fraction of sp³-hybridized carbons (Fsp3) is 0.455. The summed E-state index contributed by atoms with van der Waals surface area (Å²) >= 11 is 0. The molecule has 0 aliphatic heterocycles. The lowest BCUT2D eigenvalue weighted by molar-refractivity contribution is 0.414. The van der Waals surface area contributed by atoms with Gasteiger partial charge >= 0.3 is 0 Å². The molecule has 0 amide bonds. The van der Waals surface area contributed by atoms with Crippen molar-refractivity contribution in [1.29, 1.82) is 0 Å². The standard InChI is InChI=1S/C11H17NO.ClH/c1-3-4-11(12)9-5-7-10(13-2)8-6-9;/h5-8,11H,3-4,12H2,1-2H3;1H. The van der Waals surface area contributed by atoms with E-state index in [2.05, 4.69) is 6.92 Å². The Morgan fingerprint density at radius 2 is 1.86 bits per heavy atom. The molecule has 0 saturated carbocycles. The molecule has 2 N–H and O–H groups in total. The molecule has 80 valence electrons. The molecule has 0 aliphatic carbocycles. The van der Waals surface area contributed by atoms with E-state index >= 15 is 0 Å². The van der Waals surface area contributed by atoms with Crippen LogP contribution in [0.3, 0.4) is 0 Å². The molecule has 1 unspecified atom stereocenters. The summed E-state index contributed by atoms with van der Waals surface area (Å²) in [6.45, 7) is 2.14. The van der Waals surface area contributed by atoms with Crippen molar-refractivity contribution in [3.8, 4) is 5.75 Å². The van der Waals surface area contributed by atoms with Crippen LogP contribution in [-0.2, 0) is 0 Å². The largest absolute Gasteiger partial charge is 0.497 e. The molecule has 2 nitrogen and oxygen atoms in total. The third kappa shape index (κ3) is 3.56. The van der Waals surface area contributed by atoms with E-state index in [1.54, 1.807) is 7.11 Å². The fourth-order valence-corrected chi connectivity index (χ4v) is 1.33. The van der Waals surface area contributed by atoms with Crippen molar-refractivity contribution in [2.24, 2.45) is 5.73 Å². The SMILES string of the molecule is CCCC(N)c1ccc(OC)cc1.Cl. The Kier molecular flexibility index (Phi) is 6.34. The van der Waals surface area contributed by atoms with E-state index < -0.39 is 0 Å². The maximum Gasteiger partial charge on any atom is 0.118 e. The second kappa shape index (κ2) is 6.68. The van der Waals surface area contributed by atoms with E-state index in [-0.39, 0.29) is 18.4 Å². The van der Waals surface area contributed by atoms with E-state index in [1.807, 2.05) is 24.3 Å². The van der Waals surface area contributed by atoms with Crippen LogP contribution >= 0.6 is 12.4 Å². The molecule has 14 heavy (non-hydrogen) atoms. The molecule has 1 aromatic carbocycles. The van der Waals surface area contributed by atoms with Crippen LogP contribution in [0.2, 0.25) is 0 Å². The normalized spacial score (nSPS) is 11.6. The number of halogens is 1. The van der Waals surface area contributed by atoms with Gasteiger partial charge in [-0.3, -0.25) is 0 Å². The maximum absolute atomic E-state index is 5.96. The van der Waals surface area contributed by atoms with Crippen molar-refractivity contribution in [3.05, 3.63) is 29.8 Å². The van der Waals surface area contributed by atoms with Gasteiger partial charge in [0.2, 0.25) is 0 Å². The van der Waals surface area contributed by atoms with Crippen LogP contribution in [0.1, 0.15) is 31.4 Å². The van der Waals surface area contributed by atoms with Gasteiger partial charge in [0.25, 0.3) is 0 Å². The lowest BCUT2D eigenvalue weighted by Crippen LogP contribution is -2.09. The highest BCUT2D eigenvalue weighted by Gasteiger charge is 2.03. The topological polar surface area (TPSA) is 35.2 Å². The van der Waals surface area contributed by atoms with E-state index in [9.17, 15) is 0 Å². The molecule has 0 heterocycles. The average molecular weight is 216 g/mol. The minimum absolute atomic E-state index is 0. The number of benzene rings is 1. The van der Waals surface area contributed by atoms with Gasteiger partial charge in [-0.15, -0.1) is 12.4 Å². The molecule has 1 atom stereocenters. The number of ether oxygens (including phenoxy) is 1. The van der Waals surface area contributed by atoms with Crippen molar-refractivity contribution in [3.63, 3.8) is 0 Å². The van der Waals surface area contributed by atoms with Gasteiger partial charge in [0, 0.05) is 6.04 Å². The van der Waals surface area contributed by atoms with Gasteiger partial charge in [-0.05, 0) is 24.1 Å². The summed E-state index contributed by atoms with van der Waals surface area (Å²) in [5, 5.41) is 0. The first-order chi connectivity index (χ1) is 6.27. The van der Waals surface area contributed by atoms with Gasteiger partial charge in [0.15, 0.2) is 0 Å². The molecule has 3 heteroatoms. The summed E-state index contributed by atoms with van der Waals surface area (Å²) in [5.41, 5.74) is 7.14. The summed E-state index contributed by atoms with van der Waals surface area (Å²) < 4.78 is 5.07. The zero-order valence-corrected chi connectivity index (χ0v) is 9.51. The Balaban J connectivity index is 0.00000169. The minimum Gasteiger partial charge on any atom is -0.497 e. The van der Waals surface area contributed by atoms with Gasteiger partial charge in [-0.1, -0.05) is 25.5 Å². The van der Waals surface area contributed by atoms with E-state index in [4.69, 9.17) is 10.5 Å². The number of hydrogen-bond acceptors (Lipinski definition) is 2. The Morgan fingerprint density at radius 3 is 2.29 bits per heavy atom. The number of methoxy groups -OCH3 is 1. The molecule has 0 aliphatic rings. The predicted molar refractivity (Wildman–Crippen MR) is 62.1 cm³/mol. The number of rotatable bonds is 4. The van der Waals surface area contributed by atoms with Gasteiger partial charge in [-0.2, -0.15) is 0 Å². The zero-order valence-electron chi connectivity index (χ0n) is 8.69. The molecule has 1 aromatic rings. The summed E-state index contributed by atoms with van der Waals surface area (Å²) in [5.74, 6) is 0.882. The monoisotopic (exact) mass is 215 g/mol. The van der Waals surface area contributed by atoms with Crippen molar-refractivity contribution in [2.75, 3.05) is 7.11 Å². The fourth-order valence-electron chi connectivity index (χ4n) is 1.33. The van der Waals surface area contributed by atoms with Crippen LogP contribution in [-0.4, -0.2) is 7.11 Å². The minimum atomic E-state index is 0. The quantitative estimate of drug-likeness (QED) is 0.838. The first-order valence-electron chi connectivity index (χ1n) is 4.67. The number of hydrogen-bond donors (Lipinski definition) is 1. The second-order valence-corrected chi connectivity index (χ2v) is 3.17. The first kappa shape index (κ1) is 13.3. The molecule has 1 rings (SSSR count). The second-order valence-electron chi connectivity index (χ2n) is 3.17. The van der Waals surface area contributed by atoms with Gasteiger partial charge in [0.05, 0.1) is 7.11 Å². The molecule has 0 radical (unpaired) electrons. The molecular formula is C11H18ClNO. The van der Waals surface area contributed by atoms with Crippen molar-refractivity contribution in [1.82, 2.24) is 0 Å². The predicted octanol–water partition coefficient (Wildman–Crippen LogP) is 2.92. The summed E-state index contributed by atoms with van der Waals surface area (Å²) in [6, 6.07) is 8.12. The first-order valence-corrected chi connectivity index (χ1v) is 4.67. The molecule has 0 saturated heterocycles. The highest BCUT2D eigenvalue weighted by molar-refractivity contribution is 5.85. The van der Waals surface area contributed by atoms with Crippen LogP contribution in [0.15, 0.2) is 24.3 Å². The molecule has 0 aromatic heterocycles. The summed E-state index contributed by atoms with van der Waals surface area (Å²) in [4.78, 5) is 0. The molecule has 0 fully saturated rings. The van der Waals surface area contributed by atoms with Crippen molar-refractivity contribution in [2.45, 2.75) is 25.8 Å². The third-order valence-corrected chi connectivity index (χ3v) is 2.14. The lowest BCUT2D eigenvalue weighted by atomic mass is 10.0. The van der Waals surface area contributed by atoms with Crippen LogP contribution in [0.5, 0.6) is 5.75 Å². The van der Waals surface area contributed by atoms with E-state index in [0.29, 0.717) is 0 Å². The Labute approximate surface area is 91.9 Å². The highest BCUT2D eigenvalue weighted by atomic mass is 35.5. The number of nitrogens with two attached hydrogens (primary N) is 1. The molecule has 0 bridgehead atoms. The van der Waals surface area contributed by atoms with Crippen LogP contribution < -0.4 is 10.5 Å². The molecule has 0 spiro atoms. The average Bonchev–Trinajstić information content (AvgIpc) is 2.18. The summed E-state index contributed by atoms with van der Waals surface area (Å²) in [6.07, 6.45) is 2.15. The Bertz CT molecular complexity index is 248. The Hall–Kier alpha value is -0.730. The summed E-state index contributed by atoms with van der Waals surface area (Å²) in [7, 11) is 1.67. The van der Waals surface area contributed by atoms with Gasteiger partial charge in [0.1, 0.15) is 5.75 Å². The zero-order chi connectivity index (χ0) is 9.68. The van der Waals surface area contributed by atoms with Crippen molar-refractivity contribution >= 4 is 12.4 Å². The lowest BCUT2D eigenvalue weighted by Gasteiger charge is -2.10. The van der Waals surface area contributed by atoms with Crippen LogP contribution in [0.25, 0.3) is 0 Å². The van der Waals surface area contributed by atoms with Crippen LogP contribution in [0.4, 0.5) is 0 Å². The third-order valence-electron chi connectivity index (χ3n) is 2.14. The van der Waals surface area contributed by atoms with Crippen LogP contribution in [0, 0.1) is 0 Å². The highest BCUT2D eigenvalue weighted by Crippen LogP contribution is 2.18. The molecular weight excluding hydrogens is 198 g/mol. The van der Waals surface area contributed by atoms with Gasteiger partial charge in [-0.25, -0.2) is 0 Å². The van der Waals surface area contributed by atoms with E-state index in [0.717, 1.165) is 18.6 Å².